The first-order chi connectivity index (χ1) is 41.0. The van der Waals surface area contributed by atoms with E-state index in [1.807, 2.05) is 18.2 Å². The van der Waals surface area contributed by atoms with Crippen molar-refractivity contribution in [1.29, 1.82) is 0 Å². The molecule has 0 atom stereocenters. The molecule has 0 radical (unpaired) electrons. The lowest BCUT2D eigenvalue weighted by Crippen LogP contribution is -2.05. The number of benzene rings is 11. The Morgan fingerprint density at radius 2 is 0.843 bits per heavy atom. The number of rotatable bonds is 11. The Labute approximate surface area is 482 Å². The molecule has 0 aliphatic carbocycles. The molecule has 0 saturated heterocycles. The smallest absolute Gasteiger partial charge is 0.160 e. The van der Waals surface area contributed by atoms with E-state index in [0.29, 0.717) is 5.82 Å². The van der Waals surface area contributed by atoms with Crippen LogP contribution < -0.4 is 0 Å². The van der Waals surface area contributed by atoms with Crippen LogP contribution in [0.25, 0.3) is 144 Å². The molecule has 0 aliphatic rings. The minimum atomic E-state index is 0.617. The minimum Gasteiger partial charge on any atom is -0.313 e. The van der Waals surface area contributed by atoms with Crippen LogP contribution in [-0.4, -0.2) is 23.7 Å². The summed E-state index contributed by atoms with van der Waals surface area (Å²) in [5.74, 6) is 0.617. The highest BCUT2D eigenvalue weighted by Crippen LogP contribution is 2.45. The number of fused-ring (bicyclic) bond motifs is 9. The maximum atomic E-state index is 5.49. The van der Waals surface area contributed by atoms with Gasteiger partial charge in [0.1, 0.15) is 0 Å². The van der Waals surface area contributed by atoms with Crippen molar-refractivity contribution >= 4 is 76.7 Å². The summed E-state index contributed by atoms with van der Waals surface area (Å²) in [6.45, 7) is 8.99. The Balaban J connectivity index is 1.04. The number of aryl methyl sites for hydroxylation is 1. The molecule has 0 fully saturated rings. The van der Waals surface area contributed by atoms with Crippen LogP contribution in [-0.2, 0) is 0 Å². The molecule has 392 valence electrons. The Morgan fingerprint density at radius 1 is 0.373 bits per heavy atom. The highest BCUT2D eigenvalue weighted by atomic mass is 15.0. The molecule has 0 aliphatic heterocycles. The first-order valence-corrected chi connectivity index (χ1v) is 28.3. The van der Waals surface area contributed by atoms with Gasteiger partial charge in [0.25, 0.3) is 0 Å². The monoisotopic (exact) mass is 1060 g/mol. The van der Waals surface area contributed by atoms with Crippen molar-refractivity contribution in [2.75, 3.05) is 0 Å². The van der Waals surface area contributed by atoms with Gasteiger partial charge in [0, 0.05) is 71.5 Å². The van der Waals surface area contributed by atoms with E-state index in [9.17, 15) is 0 Å². The number of hydrogen-bond acceptors (Lipinski definition) is 2. The average molecular weight is 1060 g/mol. The largest absolute Gasteiger partial charge is 0.313 e. The molecular weight excluding hydrogens is 1010 g/mol. The first-order valence-electron chi connectivity index (χ1n) is 28.3. The Kier molecular flexibility index (Phi) is 12.1. The van der Waals surface area contributed by atoms with Crippen molar-refractivity contribution in [3.8, 4) is 67.5 Å². The highest BCUT2D eigenvalue weighted by molar-refractivity contribution is 6.13. The quantitative estimate of drug-likeness (QED) is 0.121. The van der Waals surface area contributed by atoms with Crippen molar-refractivity contribution in [3.05, 3.63) is 303 Å². The summed E-state index contributed by atoms with van der Waals surface area (Å²) in [7, 11) is 0. The van der Waals surface area contributed by atoms with Crippen LogP contribution >= 0.6 is 0 Å². The van der Waals surface area contributed by atoms with Gasteiger partial charge < -0.3 is 13.7 Å². The first kappa shape index (κ1) is 49.2. The van der Waals surface area contributed by atoms with E-state index in [0.717, 1.165) is 106 Å². The van der Waals surface area contributed by atoms with E-state index in [4.69, 9.17) is 9.97 Å². The maximum Gasteiger partial charge on any atom is 0.160 e. The van der Waals surface area contributed by atoms with Gasteiger partial charge in [0.05, 0.1) is 50.2 Å². The van der Waals surface area contributed by atoms with Gasteiger partial charge in [-0.25, -0.2) is 9.97 Å². The molecule has 15 rings (SSSR count). The summed E-state index contributed by atoms with van der Waals surface area (Å²) in [6.07, 6.45) is 6.49. The van der Waals surface area contributed by atoms with E-state index >= 15 is 0 Å². The van der Waals surface area contributed by atoms with E-state index in [1.54, 1.807) is 0 Å². The second-order valence-corrected chi connectivity index (χ2v) is 21.5. The minimum absolute atomic E-state index is 0.617. The third-order valence-corrected chi connectivity index (χ3v) is 16.5. The predicted octanol–water partition coefficient (Wildman–Crippen LogP) is 20.6. The van der Waals surface area contributed by atoms with Gasteiger partial charge in [0.15, 0.2) is 5.82 Å². The van der Waals surface area contributed by atoms with Crippen LogP contribution in [0.5, 0.6) is 0 Å². The van der Waals surface area contributed by atoms with Gasteiger partial charge in [-0.15, -0.1) is 0 Å². The van der Waals surface area contributed by atoms with Gasteiger partial charge in [0.2, 0.25) is 0 Å². The summed E-state index contributed by atoms with van der Waals surface area (Å²) in [4.78, 5) is 11.0. The van der Waals surface area contributed by atoms with Gasteiger partial charge >= 0.3 is 0 Å². The lowest BCUT2D eigenvalue weighted by atomic mass is 9.91. The van der Waals surface area contributed by atoms with Crippen LogP contribution in [0.4, 0.5) is 0 Å². The zero-order valence-corrected chi connectivity index (χ0v) is 46.1. The fraction of sp³-hybridized carbons (Fsp3) is 0.0256. The molecular formula is C78H55N5. The highest BCUT2D eigenvalue weighted by Gasteiger charge is 2.24. The number of allylic oxidation sites excluding steroid dienone is 5. The molecule has 0 amide bonds. The van der Waals surface area contributed by atoms with Crippen LogP contribution in [0.15, 0.2) is 292 Å². The fourth-order valence-corrected chi connectivity index (χ4v) is 12.6. The topological polar surface area (TPSA) is 40.6 Å². The number of para-hydroxylation sites is 5. The fourth-order valence-electron chi connectivity index (χ4n) is 12.6. The van der Waals surface area contributed by atoms with Crippen LogP contribution in [0.2, 0.25) is 0 Å². The third kappa shape index (κ3) is 8.48. The molecule has 4 heterocycles. The molecule has 83 heavy (non-hydrogen) atoms. The number of hydrogen-bond donors (Lipinski definition) is 0. The van der Waals surface area contributed by atoms with Crippen molar-refractivity contribution in [3.63, 3.8) is 0 Å². The van der Waals surface area contributed by atoms with Crippen LogP contribution in [0.3, 0.4) is 0 Å². The molecule has 0 bridgehead atoms. The number of nitrogens with zero attached hydrogens (tertiary/aromatic N) is 5. The molecule has 5 heteroatoms. The van der Waals surface area contributed by atoms with Crippen molar-refractivity contribution in [1.82, 2.24) is 23.7 Å². The molecule has 11 aromatic carbocycles. The Hall–Kier alpha value is -10.9. The second kappa shape index (κ2) is 20.3. The van der Waals surface area contributed by atoms with E-state index < -0.39 is 0 Å². The number of aromatic nitrogens is 5. The van der Waals surface area contributed by atoms with E-state index in [2.05, 4.69) is 301 Å². The summed E-state index contributed by atoms with van der Waals surface area (Å²) < 4.78 is 7.24. The lowest BCUT2D eigenvalue weighted by Gasteiger charge is -2.22. The summed E-state index contributed by atoms with van der Waals surface area (Å²) in [5.41, 5.74) is 22.1. The molecule has 15 aromatic rings. The average Bonchev–Trinajstić information content (AvgIpc) is 3.37. The molecule has 0 N–H and O–H groups in total. The molecule has 0 unspecified atom stereocenters. The zero-order chi connectivity index (χ0) is 55.5. The zero-order valence-electron chi connectivity index (χ0n) is 46.1. The lowest BCUT2D eigenvalue weighted by molar-refractivity contribution is 1.15. The normalized spacial score (nSPS) is 12.2. The SMILES string of the molecule is C=C/C(=C\C=C(/C)n1c2ccccc2c2ccccc21)c1cc(-c2nc(-c3ccccc3)cc(-c3ccccc3)n2)cc(-c2ccc(-n3c4ccccc4c4ccccc43)cc2)c1-n1c2ccccc2c2cc(-c3cccc(C)c3)ccc21. The Bertz CT molecular complexity index is 4940. The van der Waals surface area contributed by atoms with Crippen molar-refractivity contribution in [2.24, 2.45) is 0 Å². The summed E-state index contributed by atoms with van der Waals surface area (Å²) >= 11 is 0. The molecule has 4 aromatic heterocycles. The predicted molar refractivity (Wildman–Crippen MR) is 350 cm³/mol. The van der Waals surface area contributed by atoms with Gasteiger partial charge in [-0.2, -0.15) is 0 Å². The van der Waals surface area contributed by atoms with Gasteiger partial charge in [-0.1, -0.05) is 218 Å². The van der Waals surface area contributed by atoms with Crippen molar-refractivity contribution < 1.29 is 0 Å². The van der Waals surface area contributed by atoms with Gasteiger partial charge in [-0.3, -0.25) is 0 Å². The van der Waals surface area contributed by atoms with Gasteiger partial charge in [-0.05, 0) is 115 Å². The van der Waals surface area contributed by atoms with Crippen LogP contribution in [0.1, 0.15) is 18.1 Å². The van der Waals surface area contributed by atoms with E-state index in [1.165, 1.54) is 43.6 Å². The molecule has 5 nitrogen and oxygen atoms in total. The molecule has 0 spiro atoms. The summed E-state index contributed by atoms with van der Waals surface area (Å²) in [5, 5.41) is 7.22. The van der Waals surface area contributed by atoms with Crippen LogP contribution in [0, 0.1) is 6.92 Å². The maximum absolute atomic E-state index is 5.49. The molecule has 0 saturated carbocycles. The summed E-state index contributed by atoms with van der Waals surface area (Å²) in [6, 6.07) is 96.0. The standard InChI is InChI=1S/C78H55N5/c1-4-53(39-38-52(3)81-71-33-16-11-28-61(71)62-29-12-17-34-72(62)81)66-48-59(78-79-69(55-23-7-5-8-24-55)50-70(80-78)56-25-9-6-10-26-56)49-67(54-40-43-60(44-41-54)82-73-35-18-13-30-63(73)64-31-14-19-36-74(64)82)77(66)83-75-37-20-15-32-65(75)68-47-58(42-45-76(68)83)57-27-21-22-51(2)46-57/h4-50H,1H2,2-3H3/b52-38+,53-39+. The Morgan fingerprint density at radius 3 is 1.41 bits per heavy atom. The third-order valence-electron chi connectivity index (χ3n) is 16.5. The van der Waals surface area contributed by atoms with Crippen molar-refractivity contribution in [2.45, 2.75) is 13.8 Å². The van der Waals surface area contributed by atoms with E-state index in [-0.39, 0.29) is 0 Å². The second-order valence-electron chi connectivity index (χ2n) is 21.5.